The Labute approximate surface area is 158 Å². The summed E-state index contributed by atoms with van der Waals surface area (Å²) in [7, 11) is 0. The lowest BCUT2D eigenvalue weighted by Gasteiger charge is -2.36. The maximum absolute atomic E-state index is 13.1. The van der Waals surface area contributed by atoms with E-state index in [1.54, 1.807) is 10.7 Å². The molecule has 0 spiro atoms. The maximum Gasteiger partial charge on any atom is 0.252 e. The number of likely N-dealkylation sites (tertiary alicyclic amines) is 1. The van der Waals surface area contributed by atoms with E-state index in [9.17, 15) is 4.79 Å². The molecule has 0 N–H and O–H groups in total. The molecule has 1 amide bonds. The molecule has 7 nitrogen and oxygen atoms in total. The van der Waals surface area contributed by atoms with Gasteiger partial charge in [0.2, 0.25) is 5.91 Å². The average Bonchev–Trinajstić information content (AvgIpc) is 3.18. The van der Waals surface area contributed by atoms with E-state index in [2.05, 4.69) is 15.1 Å². The van der Waals surface area contributed by atoms with Crippen LogP contribution in [-0.4, -0.2) is 43.5 Å². The van der Waals surface area contributed by atoms with Gasteiger partial charge >= 0.3 is 0 Å². The number of carbonyl (C=O) groups excluding carboxylic acids is 1. The molecule has 1 fully saturated rings. The first-order valence-corrected chi connectivity index (χ1v) is 9.42. The molecule has 0 bridgehead atoms. The summed E-state index contributed by atoms with van der Waals surface area (Å²) in [6.45, 7) is 3.36. The van der Waals surface area contributed by atoms with E-state index in [0.717, 1.165) is 42.8 Å². The van der Waals surface area contributed by atoms with Crippen molar-refractivity contribution in [2.24, 2.45) is 0 Å². The highest BCUT2D eigenvalue weighted by Crippen LogP contribution is 2.31. The average molecular weight is 365 g/mol. The molecule has 1 atom stereocenters. The zero-order valence-electron chi connectivity index (χ0n) is 15.4. The fraction of sp³-hybridized carbons (Fsp3) is 0.400. The summed E-state index contributed by atoms with van der Waals surface area (Å²) in [6.07, 6.45) is 6.67. The van der Waals surface area contributed by atoms with E-state index in [1.165, 1.54) is 6.33 Å². The maximum atomic E-state index is 13.1. The molecule has 7 heteroatoms. The van der Waals surface area contributed by atoms with Crippen molar-refractivity contribution in [3.63, 3.8) is 0 Å². The Morgan fingerprint density at radius 3 is 2.85 bits per heavy atom. The summed E-state index contributed by atoms with van der Waals surface area (Å²) in [6, 6.07) is 9.70. The van der Waals surface area contributed by atoms with Crippen molar-refractivity contribution in [3.8, 4) is 5.75 Å². The standard InChI is InChI=1S/C20H23N5O2/c1-2-27-16-8-6-15(7-9-16)13-19(26)24-12-4-3-5-17(24)18-10-11-21-20-22-14-23-25(18)20/h6-11,14,17H,2-5,12-13H2,1H3/t17-/m0/s1. The normalized spacial score (nSPS) is 17.2. The van der Waals surface area contributed by atoms with Gasteiger partial charge in [0.1, 0.15) is 12.1 Å². The number of aromatic nitrogens is 4. The first-order chi connectivity index (χ1) is 13.3. The van der Waals surface area contributed by atoms with Crippen molar-refractivity contribution in [3.05, 3.63) is 54.1 Å². The van der Waals surface area contributed by atoms with Gasteiger partial charge in [0.25, 0.3) is 5.78 Å². The minimum atomic E-state index is 0.00106. The molecule has 1 aliphatic rings. The number of hydrogen-bond acceptors (Lipinski definition) is 5. The minimum Gasteiger partial charge on any atom is -0.494 e. The molecule has 0 radical (unpaired) electrons. The van der Waals surface area contributed by atoms with E-state index in [-0.39, 0.29) is 11.9 Å². The molecule has 4 rings (SSSR count). The third kappa shape index (κ3) is 3.63. The minimum absolute atomic E-state index is 0.00106. The number of amides is 1. The fourth-order valence-corrected chi connectivity index (χ4v) is 3.69. The van der Waals surface area contributed by atoms with Gasteiger partial charge in [-0.05, 0) is 49.9 Å². The van der Waals surface area contributed by atoms with Gasteiger partial charge in [-0.3, -0.25) is 4.79 Å². The number of carbonyl (C=O) groups is 1. The van der Waals surface area contributed by atoms with Crippen molar-refractivity contribution in [2.75, 3.05) is 13.2 Å². The van der Waals surface area contributed by atoms with E-state index in [0.29, 0.717) is 18.8 Å². The Bertz CT molecular complexity index is 922. The second-order valence-corrected chi connectivity index (χ2v) is 6.69. The van der Waals surface area contributed by atoms with Crippen LogP contribution in [0.15, 0.2) is 42.9 Å². The molecular formula is C20H23N5O2. The predicted octanol–water partition coefficient (Wildman–Crippen LogP) is 2.82. The van der Waals surface area contributed by atoms with E-state index >= 15 is 0 Å². The SMILES string of the molecule is CCOc1ccc(CC(=O)N2CCCC[C@H]2c2ccnc3ncnn23)cc1. The number of piperidine rings is 1. The van der Waals surface area contributed by atoms with Gasteiger partial charge in [-0.25, -0.2) is 4.98 Å². The van der Waals surface area contributed by atoms with Crippen LogP contribution in [0.25, 0.3) is 5.78 Å². The van der Waals surface area contributed by atoms with Crippen molar-refractivity contribution in [1.82, 2.24) is 24.5 Å². The largest absolute Gasteiger partial charge is 0.494 e. The molecule has 0 aliphatic carbocycles. The number of benzene rings is 1. The first kappa shape index (κ1) is 17.5. The highest BCUT2D eigenvalue weighted by Gasteiger charge is 2.30. The van der Waals surface area contributed by atoms with Crippen LogP contribution < -0.4 is 4.74 Å². The van der Waals surface area contributed by atoms with Crippen LogP contribution in [0, 0.1) is 0 Å². The summed E-state index contributed by atoms with van der Waals surface area (Å²) >= 11 is 0. The molecule has 2 aromatic heterocycles. The van der Waals surface area contributed by atoms with Gasteiger partial charge in [0, 0.05) is 12.7 Å². The van der Waals surface area contributed by atoms with Gasteiger partial charge < -0.3 is 9.64 Å². The number of hydrogen-bond donors (Lipinski definition) is 0. The highest BCUT2D eigenvalue weighted by molar-refractivity contribution is 5.79. The second-order valence-electron chi connectivity index (χ2n) is 6.69. The molecule has 1 aliphatic heterocycles. The lowest BCUT2D eigenvalue weighted by atomic mass is 9.98. The van der Waals surface area contributed by atoms with Gasteiger partial charge in [-0.2, -0.15) is 14.6 Å². The van der Waals surface area contributed by atoms with E-state index in [4.69, 9.17) is 4.74 Å². The Morgan fingerprint density at radius 2 is 2.04 bits per heavy atom. The zero-order chi connectivity index (χ0) is 18.6. The van der Waals surface area contributed by atoms with Crippen LogP contribution in [0.1, 0.15) is 43.5 Å². The van der Waals surface area contributed by atoms with Gasteiger partial charge in [-0.15, -0.1) is 0 Å². The Morgan fingerprint density at radius 1 is 1.19 bits per heavy atom. The molecule has 3 heterocycles. The number of ether oxygens (including phenoxy) is 1. The molecule has 3 aromatic rings. The highest BCUT2D eigenvalue weighted by atomic mass is 16.5. The first-order valence-electron chi connectivity index (χ1n) is 9.42. The molecule has 1 aromatic carbocycles. The van der Waals surface area contributed by atoms with Crippen LogP contribution in [0.2, 0.25) is 0 Å². The van der Waals surface area contributed by atoms with E-state index < -0.39 is 0 Å². The van der Waals surface area contributed by atoms with Gasteiger partial charge in [0.15, 0.2) is 0 Å². The smallest absolute Gasteiger partial charge is 0.252 e. The Hall–Kier alpha value is -2.96. The van der Waals surface area contributed by atoms with Crippen molar-refractivity contribution in [1.29, 1.82) is 0 Å². The number of rotatable bonds is 5. The summed E-state index contributed by atoms with van der Waals surface area (Å²) < 4.78 is 7.22. The fourth-order valence-electron chi connectivity index (χ4n) is 3.69. The van der Waals surface area contributed by atoms with Gasteiger partial charge in [-0.1, -0.05) is 12.1 Å². The summed E-state index contributed by atoms with van der Waals surface area (Å²) in [5.41, 5.74) is 1.96. The van der Waals surface area contributed by atoms with Crippen LogP contribution in [0.5, 0.6) is 5.75 Å². The monoisotopic (exact) mass is 365 g/mol. The molecule has 27 heavy (non-hydrogen) atoms. The molecule has 0 unspecified atom stereocenters. The van der Waals surface area contributed by atoms with Crippen molar-refractivity contribution >= 4 is 11.7 Å². The molecular weight excluding hydrogens is 342 g/mol. The van der Waals surface area contributed by atoms with E-state index in [1.807, 2.05) is 42.2 Å². The van der Waals surface area contributed by atoms with Crippen molar-refractivity contribution in [2.45, 2.75) is 38.6 Å². The predicted molar refractivity (Wildman–Crippen MR) is 100 cm³/mol. The lowest BCUT2D eigenvalue weighted by molar-refractivity contribution is -0.134. The Balaban J connectivity index is 1.55. The summed E-state index contributed by atoms with van der Waals surface area (Å²) in [5.74, 6) is 1.53. The molecule has 0 saturated carbocycles. The molecule has 1 saturated heterocycles. The molecule has 140 valence electrons. The van der Waals surface area contributed by atoms with Crippen LogP contribution in [-0.2, 0) is 11.2 Å². The van der Waals surface area contributed by atoms with Gasteiger partial charge in [0.05, 0.1) is 24.8 Å². The van der Waals surface area contributed by atoms with Crippen LogP contribution in [0.4, 0.5) is 0 Å². The topological polar surface area (TPSA) is 72.6 Å². The second kappa shape index (κ2) is 7.73. The quantitative estimate of drug-likeness (QED) is 0.695. The number of nitrogens with zero attached hydrogens (tertiary/aromatic N) is 5. The third-order valence-electron chi connectivity index (χ3n) is 4.96. The van der Waals surface area contributed by atoms with Crippen LogP contribution in [0.3, 0.4) is 0 Å². The van der Waals surface area contributed by atoms with Crippen LogP contribution >= 0.6 is 0 Å². The Kier molecular flexibility index (Phi) is 5.00. The zero-order valence-corrected chi connectivity index (χ0v) is 15.4. The third-order valence-corrected chi connectivity index (χ3v) is 4.96. The number of fused-ring (bicyclic) bond motifs is 1. The summed E-state index contributed by atoms with van der Waals surface area (Å²) in [4.78, 5) is 23.4. The van der Waals surface area contributed by atoms with Crippen molar-refractivity contribution < 1.29 is 9.53 Å². The lowest BCUT2D eigenvalue weighted by Crippen LogP contribution is -2.40. The summed E-state index contributed by atoms with van der Waals surface area (Å²) in [5, 5.41) is 4.29.